The molecule has 0 aliphatic carbocycles. The Morgan fingerprint density at radius 3 is 2.00 bits per heavy atom. The summed E-state index contributed by atoms with van der Waals surface area (Å²) >= 11 is 19.2. The van der Waals surface area contributed by atoms with Gasteiger partial charge in [0.15, 0.2) is 0 Å². The van der Waals surface area contributed by atoms with Gasteiger partial charge >= 0.3 is 0 Å². The van der Waals surface area contributed by atoms with Crippen LogP contribution >= 0.6 is 34.8 Å². The average molecular weight is 687 g/mol. The van der Waals surface area contributed by atoms with Crippen LogP contribution < -0.4 is 9.62 Å². The zero-order chi connectivity index (χ0) is 32.8. The van der Waals surface area contributed by atoms with Crippen LogP contribution in [0.5, 0.6) is 0 Å². The lowest BCUT2D eigenvalue weighted by Crippen LogP contribution is -2.56. The SMILES string of the molecule is CC(C)(C)NC(=O)C(Cc1ccccc1)N(Cc1ccc(Cl)cc1Cl)C(=O)CN(c1ccccc1Cl)S(=O)(=O)c1ccccc1. The smallest absolute Gasteiger partial charge is 0.264 e. The molecule has 45 heavy (non-hydrogen) atoms. The van der Waals surface area contributed by atoms with E-state index in [4.69, 9.17) is 34.8 Å². The predicted molar refractivity (Wildman–Crippen MR) is 181 cm³/mol. The molecule has 4 rings (SSSR count). The fourth-order valence-electron chi connectivity index (χ4n) is 4.73. The highest BCUT2D eigenvalue weighted by Gasteiger charge is 2.36. The van der Waals surface area contributed by atoms with Crippen LogP contribution in [-0.2, 0) is 32.6 Å². The molecular formula is C34H34Cl3N3O4S. The van der Waals surface area contributed by atoms with Crippen molar-refractivity contribution in [2.75, 3.05) is 10.8 Å². The van der Waals surface area contributed by atoms with Crippen molar-refractivity contribution in [2.24, 2.45) is 0 Å². The molecule has 0 aliphatic rings. The fraction of sp³-hybridized carbons (Fsp3) is 0.235. The monoisotopic (exact) mass is 685 g/mol. The van der Waals surface area contributed by atoms with Crippen molar-refractivity contribution in [2.45, 2.75) is 50.2 Å². The minimum Gasteiger partial charge on any atom is -0.350 e. The highest BCUT2D eigenvalue weighted by molar-refractivity contribution is 7.92. The second-order valence-electron chi connectivity index (χ2n) is 11.5. The number of hydrogen-bond donors (Lipinski definition) is 1. The number of nitrogens with one attached hydrogen (secondary N) is 1. The van der Waals surface area contributed by atoms with E-state index in [1.807, 2.05) is 51.1 Å². The number of carbonyl (C=O) groups is 2. The quantitative estimate of drug-likeness (QED) is 0.178. The van der Waals surface area contributed by atoms with Crippen LogP contribution in [-0.4, -0.2) is 43.3 Å². The van der Waals surface area contributed by atoms with E-state index in [9.17, 15) is 18.0 Å². The predicted octanol–water partition coefficient (Wildman–Crippen LogP) is 7.40. The summed E-state index contributed by atoms with van der Waals surface area (Å²) in [6.07, 6.45) is 0.164. The van der Waals surface area contributed by atoms with E-state index in [0.717, 1.165) is 9.87 Å². The van der Waals surface area contributed by atoms with Gasteiger partial charge in [-0.05, 0) is 68.3 Å². The maximum atomic E-state index is 14.5. The van der Waals surface area contributed by atoms with E-state index in [1.165, 1.54) is 23.1 Å². The lowest BCUT2D eigenvalue weighted by atomic mass is 10.0. The van der Waals surface area contributed by atoms with Crippen LogP contribution in [0.1, 0.15) is 31.9 Å². The van der Waals surface area contributed by atoms with Gasteiger partial charge in [0.05, 0.1) is 15.6 Å². The Bertz CT molecular complexity index is 1750. The first kappa shape index (κ1) is 34.3. The third-order valence-corrected chi connectivity index (χ3v) is 9.54. The number of sulfonamides is 1. The van der Waals surface area contributed by atoms with Crippen molar-refractivity contribution in [3.8, 4) is 0 Å². The van der Waals surface area contributed by atoms with Crippen LogP contribution in [0.15, 0.2) is 108 Å². The largest absolute Gasteiger partial charge is 0.350 e. The van der Waals surface area contributed by atoms with E-state index in [-0.39, 0.29) is 28.6 Å². The number of para-hydroxylation sites is 1. The van der Waals surface area contributed by atoms with Crippen LogP contribution in [0.4, 0.5) is 5.69 Å². The number of anilines is 1. The van der Waals surface area contributed by atoms with Gasteiger partial charge in [-0.25, -0.2) is 8.42 Å². The summed E-state index contributed by atoms with van der Waals surface area (Å²) in [5.74, 6) is -1.04. The summed E-state index contributed by atoms with van der Waals surface area (Å²) in [4.78, 5) is 29.8. The van der Waals surface area contributed by atoms with Crippen LogP contribution in [0.2, 0.25) is 15.1 Å². The van der Waals surface area contributed by atoms with E-state index in [0.29, 0.717) is 15.6 Å². The summed E-state index contributed by atoms with van der Waals surface area (Å²) in [6.45, 7) is 4.81. The topological polar surface area (TPSA) is 86.8 Å². The van der Waals surface area contributed by atoms with Gasteiger partial charge in [-0.15, -0.1) is 0 Å². The van der Waals surface area contributed by atoms with Gasteiger partial charge < -0.3 is 10.2 Å². The molecule has 0 radical (unpaired) electrons. The highest BCUT2D eigenvalue weighted by Crippen LogP contribution is 2.31. The Morgan fingerprint density at radius 1 is 0.800 bits per heavy atom. The molecule has 1 unspecified atom stereocenters. The van der Waals surface area contributed by atoms with Crippen molar-refractivity contribution in [3.63, 3.8) is 0 Å². The normalized spacial score (nSPS) is 12.3. The van der Waals surface area contributed by atoms with Crippen LogP contribution in [0, 0.1) is 0 Å². The van der Waals surface area contributed by atoms with E-state index >= 15 is 0 Å². The summed E-state index contributed by atoms with van der Waals surface area (Å²) in [6, 6.07) is 27.3. The first-order valence-corrected chi connectivity index (χ1v) is 16.8. The molecule has 7 nitrogen and oxygen atoms in total. The third-order valence-electron chi connectivity index (χ3n) is 6.86. The Morgan fingerprint density at radius 2 is 1.40 bits per heavy atom. The maximum absolute atomic E-state index is 14.5. The maximum Gasteiger partial charge on any atom is 0.264 e. The van der Waals surface area contributed by atoms with Crippen molar-refractivity contribution >= 4 is 62.3 Å². The lowest BCUT2D eigenvalue weighted by molar-refractivity contribution is -0.140. The molecule has 0 heterocycles. The van der Waals surface area contributed by atoms with Gasteiger partial charge in [0.25, 0.3) is 10.0 Å². The number of nitrogens with zero attached hydrogens (tertiary/aromatic N) is 2. The summed E-state index contributed by atoms with van der Waals surface area (Å²) in [5, 5.41) is 3.85. The molecule has 11 heteroatoms. The third kappa shape index (κ3) is 9.01. The summed E-state index contributed by atoms with van der Waals surface area (Å²) < 4.78 is 29.1. The molecular weight excluding hydrogens is 653 g/mol. The second kappa shape index (κ2) is 14.7. The van der Waals surface area contributed by atoms with Crippen molar-refractivity contribution in [1.82, 2.24) is 10.2 Å². The number of amides is 2. The Balaban J connectivity index is 1.84. The van der Waals surface area contributed by atoms with Gasteiger partial charge in [-0.1, -0.05) is 102 Å². The van der Waals surface area contributed by atoms with Crippen molar-refractivity contribution in [3.05, 3.63) is 129 Å². The molecule has 1 atom stereocenters. The number of benzene rings is 4. The van der Waals surface area contributed by atoms with Gasteiger partial charge in [0, 0.05) is 28.5 Å². The molecule has 0 aromatic heterocycles. The molecule has 0 bridgehead atoms. The molecule has 2 amide bonds. The van der Waals surface area contributed by atoms with Crippen molar-refractivity contribution in [1.29, 1.82) is 0 Å². The Kier molecular flexibility index (Phi) is 11.2. The number of carbonyl (C=O) groups excluding carboxylic acids is 2. The molecule has 236 valence electrons. The van der Waals surface area contributed by atoms with Crippen LogP contribution in [0.3, 0.4) is 0 Å². The van der Waals surface area contributed by atoms with Gasteiger partial charge in [0.1, 0.15) is 12.6 Å². The lowest BCUT2D eigenvalue weighted by Gasteiger charge is -2.35. The van der Waals surface area contributed by atoms with Gasteiger partial charge in [0.2, 0.25) is 11.8 Å². The fourth-order valence-corrected chi connectivity index (χ4v) is 6.94. The molecule has 0 saturated heterocycles. The zero-order valence-electron chi connectivity index (χ0n) is 25.1. The number of halogens is 3. The van der Waals surface area contributed by atoms with E-state index in [2.05, 4.69) is 5.32 Å². The minimum absolute atomic E-state index is 0.0173. The molecule has 4 aromatic rings. The number of rotatable bonds is 11. The summed E-state index contributed by atoms with van der Waals surface area (Å²) in [7, 11) is -4.27. The first-order chi connectivity index (χ1) is 21.3. The Labute approximate surface area is 279 Å². The molecule has 0 saturated carbocycles. The molecule has 0 spiro atoms. The molecule has 0 aliphatic heterocycles. The van der Waals surface area contributed by atoms with Crippen molar-refractivity contribution < 1.29 is 18.0 Å². The first-order valence-electron chi connectivity index (χ1n) is 14.2. The van der Waals surface area contributed by atoms with Gasteiger partial charge in [-0.2, -0.15) is 0 Å². The minimum atomic E-state index is -4.27. The second-order valence-corrected chi connectivity index (χ2v) is 14.6. The zero-order valence-corrected chi connectivity index (χ0v) is 28.2. The summed E-state index contributed by atoms with van der Waals surface area (Å²) in [5.41, 5.74) is 0.857. The van der Waals surface area contributed by atoms with Gasteiger partial charge in [-0.3, -0.25) is 13.9 Å². The van der Waals surface area contributed by atoms with E-state index < -0.39 is 40.0 Å². The molecule has 0 fully saturated rings. The Hall–Kier alpha value is -3.56. The van der Waals surface area contributed by atoms with Crippen LogP contribution in [0.25, 0.3) is 0 Å². The standard InChI is InChI=1S/C34H34Cl3N3O4S/c1-34(2,3)38-33(42)31(20-24-12-6-4-7-13-24)39(22-25-18-19-26(35)21-29(25)37)32(41)23-40(30-17-11-10-16-28(30)36)45(43,44)27-14-8-5-9-15-27/h4-19,21,31H,20,22-23H2,1-3H3,(H,38,42). The molecule has 1 N–H and O–H groups in total. The average Bonchev–Trinajstić information content (AvgIpc) is 2.99. The number of hydrogen-bond acceptors (Lipinski definition) is 4. The highest BCUT2D eigenvalue weighted by atomic mass is 35.5. The molecule has 4 aromatic carbocycles. The van der Waals surface area contributed by atoms with E-state index in [1.54, 1.807) is 54.6 Å².